The number of hydrogen-bond acceptors (Lipinski definition) is 2. The molecule has 2 aliphatic carbocycles. The maximum atomic E-state index is 6.29. The van der Waals surface area contributed by atoms with Gasteiger partial charge in [-0.2, -0.15) is 0 Å². The van der Waals surface area contributed by atoms with Gasteiger partial charge >= 0.3 is 0 Å². The zero-order valence-corrected chi connectivity index (χ0v) is 10.2. The molecule has 2 N–H and O–H groups in total. The fourth-order valence-corrected chi connectivity index (χ4v) is 4.32. The summed E-state index contributed by atoms with van der Waals surface area (Å²) in [5, 5.41) is 0. The molecule has 1 aliphatic heterocycles. The van der Waals surface area contributed by atoms with E-state index < -0.39 is 0 Å². The fourth-order valence-electron chi connectivity index (χ4n) is 4.32. The van der Waals surface area contributed by atoms with Crippen LogP contribution in [0.5, 0.6) is 0 Å². The SMILES string of the molecule is NC(CC1CCCO1)CC1CC2CCC1C2. The summed E-state index contributed by atoms with van der Waals surface area (Å²) in [6.07, 6.45) is 11.3. The molecule has 1 saturated heterocycles. The van der Waals surface area contributed by atoms with Crippen molar-refractivity contribution in [2.45, 2.75) is 63.5 Å². The molecule has 2 saturated carbocycles. The van der Waals surface area contributed by atoms with Crippen molar-refractivity contribution >= 4 is 0 Å². The van der Waals surface area contributed by atoms with E-state index >= 15 is 0 Å². The Bertz CT molecular complexity index is 237. The van der Waals surface area contributed by atoms with E-state index in [0.717, 1.165) is 30.8 Å². The summed E-state index contributed by atoms with van der Waals surface area (Å²) < 4.78 is 5.67. The highest BCUT2D eigenvalue weighted by Crippen LogP contribution is 2.49. The van der Waals surface area contributed by atoms with Crippen molar-refractivity contribution < 1.29 is 4.74 Å². The average molecular weight is 223 g/mol. The van der Waals surface area contributed by atoms with Crippen LogP contribution < -0.4 is 5.73 Å². The van der Waals surface area contributed by atoms with Crippen LogP contribution in [0.1, 0.15) is 51.4 Å². The third-order valence-electron chi connectivity index (χ3n) is 5.08. The minimum absolute atomic E-state index is 0.396. The van der Waals surface area contributed by atoms with E-state index in [1.165, 1.54) is 44.9 Å². The van der Waals surface area contributed by atoms with Gasteiger partial charge in [0, 0.05) is 12.6 Å². The number of rotatable bonds is 4. The summed E-state index contributed by atoms with van der Waals surface area (Å²) in [7, 11) is 0. The molecule has 0 spiro atoms. The molecule has 3 rings (SSSR count). The molecule has 0 aromatic carbocycles. The van der Waals surface area contributed by atoms with Crippen LogP contribution in [0, 0.1) is 17.8 Å². The van der Waals surface area contributed by atoms with Gasteiger partial charge in [0.15, 0.2) is 0 Å². The van der Waals surface area contributed by atoms with Crippen molar-refractivity contribution in [2.24, 2.45) is 23.5 Å². The highest BCUT2D eigenvalue weighted by atomic mass is 16.5. The zero-order valence-electron chi connectivity index (χ0n) is 10.2. The summed E-state index contributed by atoms with van der Waals surface area (Å²) >= 11 is 0. The Hall–Kier alpha value is -0.0800. The minimum atomic E-state index is 0.396. The Morgan fingerprint density at radius 3 is 2.69 bits per heavy atom. The first-order valence-electron chi connectivity index (χ1n) is 7.18. The molecule has 1 heterocycles. The standard InChI is InChI=1S/C14H25NO/c15-13(9-14-2-1-5-16-14)8-12-7-10-3-4-11(12)6-10/h10-14H,1-9,15H2. The van der Waals surface area contributed by atoms with Gasteiger partial charge in [0.2, 0.25) is 0 Å². The third kappa shape index (κ3) is 2.28. The van der Waals surface area contributed by atoms with Gasteiger partial charge in [0.25, 0.3) is 0 Å². The fraction of sp³-hybridized carbons (Fsp3) is 1.00. The van der Waals surface area contributed by atoms with E-state index in [0.29, 0.717) is 12.1 Å². The van der Waals surface area contributed by atoms with Crippen molar-refractivity contribution in [1.82, 2.24) is 0 Å². The van der Waals surface area contributed by atoms with Gasteiger partial charge in [-0.25, -0.2) is 0 Å². The molecule has 5 unspecified atom stereocenters. The van der Waals surface area contributed by atoms with Gasteiger partial charge in [0.1, 0.15) is 0 Å². The molecular weight excluding hydrogens is 198 g/mol. The first-order chi connectivity index (χ1) is 7.81. The number of hydrogen-bond donors (Lipinski definition) is 1. The van der Waals surface area contributed by atoms with Crippen molar-refractivity contribution in [3.05, 3.63) is 0 Å². The van der Waals surface area contributed by atoms with Crippen LogP contribution in [0.15, 0.2) is 0 Å². The molecule has 2 nitrogen and oxygen atoms in total. The molecular formula is C14H25NO. The van der Waals surface area contributed by atoms with Gasteiger partial charge in [-0.1, -0.05) is 6.42 Å². The first kappa shape index (κ1) is 11.0. The Balaban J connectivity index is 1.43. The Morgan fingerprint density at radius 2 is 2.06 bits per heavy atom. The molecule has 0 aromatic heterocycles. The molecule has 0 radical (unpaired) electrons. The third-order valence-corrected chi connectivity index (χ3v) is 5.08. The summed E-state index contributed by atoms with van der Waals surface area (Å²) in [5.41, 5.74) is 6.29. The molecule has 3 fully saturated rings. The number of fused-ring (bicyclic) bond motifs is 2. The second-order valence-corrected chi connectivity index (χ2v) is 6.30. The van der Waals surface area contributed by atoms with Crippen LogP contribution in [0.25, 0.3) is 0 Å². The summed E-state index contributed by atoms with van der Waals surface area (Å²) in [4.78, 5) is 0. The van der Waals surface area contributed by atoms with Crippen LogP contribution in [0.4, 0.5) is 0 Å². The average Bonchev–Trinajstić information content (AvgIpc) is 2.92. The van der Waals surface area contributed by atoms with Crippen LogP contribution in [0.2, 0.25) is 0 Å². The van der Waals surface area contributed by atoms with E-state index in [2.05, 4.69) is 0 Å². The summed E-state index contributed by atoms with van der Waals surface area (Å²) in [6.45, 7) is 0.964. The molecule has 16 heavy (non-hydrogen) atoms. The second-order valence-electron chi connectivity index (χ2n) is 6.30. The van der Waals surface area contributed by atoms with Crippen LogP contribution >= 0.6 is 0 Å². The largest absolute Gasteiger partial charge is 0.378 e. The Labute approximate surface area is 98.9 Å². The molecule has 0 aromatic rings. The summed E-state index contributed by atoms with van der Waals surface area (Å²) in [6, 6.07) is 0.396. The van der Waals surface area contributed by atoms with Crippen molar-refractivity contribution in [1.29, 1.82) is 0 Å². The quantitative estimate of drug-likeness (QED) is 0.795. The molecule has 2 heteroatoms. The second kappa shape index (κ2) is 4.66. The molecule has 0 amide bonds. The maximum Gasteiger partial charge on any atom is 0.0590 e. The maximum absolute atomic E-state index is 6.29. The number of ether oxygens (including phenoxy) is 1. The monoisotopic (exact) mass is 223 g/mol. The topological polar surface area (TPSA) is 35.2 Å². The van der Waals surface area contributed by atoms with Gasteiger partial charge in [-0.15, -0.1) is 0 Å². The highest BCUT2D eigenvalue weighted by Gasteiger charge is 2.39. The Kier molecular flexibility index (Phi) is 3.21. The van der Waals surface area contributed by atoms with Gasteiger partial charge in [-0.05, 0) is 62.7 Å². The van der Waals surface area contributed by atoms with Gasteiger partial charge in [0.05, 0.1) is 6.10 Å². The van der Waals surface area contributed by atoms with Crippen LogP contribution in [-0.2, 0) is 4.74 Å². The lowest BCUT2D eigenvalue weighted by atomic mass is 9.83. The lowest BCUT2D eigenvalue weighted by Gasteiger charge is -2.25. The zero-order chi connectivity index (χ0) is 11.0. The Morgan fingerprint density at radius 1 is 1.12 bits per heavy atom. The lowest BCUT2D eigenvalue weighted by Crippen LogP contribution is -2.29. The van der Waals surface area contributed by atoms with E-state index in [1.54, 1.807) is 0 Å². The van der Waals surface area contributed by atoms with E-state index in [4.69, 9.17) is 10.5 Å². The van der Waals surface area contributed by atoms with Crippen molar-refractivity contribution in [3.8, 4) is 0 Å². The van der Waals surface area contributed by atoms with Crippen LogP contribution in [-0.4, -0.2) is 18.8 Å². The van der Waals surface area contributed by atoms with E-state index in [1.807, 2.05) is 0 Å². The predicted octanol–water partition coefficient (Wildman–Crippen LogP) is 2.71. The first-order valence-corrected chi connectivity index (χ1v) is 7.18. The highest BCUT2D eigenvalue weighted by molar-refractivity contribution is 4.91. The van der Waals surface area contributed by atoms with Crippen LogP contribution in [0.3, 0.4) is 0 Å². The predicted molar refractivity (Wildman–Crippen MR) is 65.1 cm³/mol. The molecule has 2 bridgehead atoms. The minimum Gasteiger partial charge on any atom is -0.378 e. The van der Waals surface area contributed by atoms with Gasteiger partial charge < -0.3 is 10.5 Å². The lowest BCUT2D eigenvalue weighted by molar-refractivity contribution is 0.0944. The van der Waals surface area contributed by atoms with E-state index in [9.17, 15) is 0 Å². The van der Waals surface area contributed by atoms with Crippen molar-refractivity contribution in [2.75, 3.05) is 6.61 Å². The van der Waals surface area contributed by atoms with E-state index in [-0.39, 0.29) is 0 Å². The summed E-state index contributed by atoms with van der Waals surface area (Å²) in [5.74, 6) is 3.04. The molecule has 5 atom stereocenters. The molecule has 3 aliphatic rings. The van der Waals surface area contributed by atoms with Gasteiger partial charge in [-0.3, -0.25) is 0 Å². The smallest absolute Gasteiger partial charge is 0.0590 e. The normalized spacial score (nSPS) is 44.1. The van der Waals surface area contributed by atoms with Crippen molar-refractivity contribution in [3.63, 3.8) is 0 Å². The number of nitrogens with two attached hydrogens (primary N) is 1. The molecule has 92 valence electrons.